The van der Waals surface area contributed by atoms with Crippen LogP contribution in [0.3, 0.4) is 0 Å². The topological polar surface area (TPSA) is 73.5 Å². The molecule has 0 saturated carbocycles. The van der Waals surface area contributed by atoms with Gasteiger partial charge >= 0.3 is 5.76 Å². The quantitative estimate of drug-likeness (QED) is 0.749. The molecule has 1 unspecified atom stereocenters. The molecule has 1 aromatic heterocycles. The van der Waals surface area contributed by atoms with Crippen molar-refractivity contribution >= 4 is 17.0 Å². The first-order chi connectivity index (χ1) is 13.1. The lowest BCUT2D eigenvalue weighted by atomic mass is 10.1. The van der Waals surface area contributed by atoms with Crippen molar-refractivity contribution in [2.75, 3.05) is 13.2 Å². The zero-order valence-corrected chi connectivity index (χ0v) is 14.6. The van der Waals surface area contributed by atoms with Gasteiger partial charge in [0.1, 0.15) is 5.82 Å². The van der Waals surface area contributed by atoms with E-state index in [1.54, 1.807) is 30.3 Å². The van der Waals surface area contributed by atoms with Crippen LogP contribution in [0, 0.1) is 5.82 Å². The van der Waals surface area contributed by atoms with E-state index < -0.39 is 5.76 Å². The fraction of sp³-hybridized carbons (Fsp3) is 0.300. The number of hydrogen-bond donors (Lipinski definition) is 1. The molecule has 0 bridgehead atoms. The first kappa shape index (κ1) is 17.5. The normalized spacial score (nSPS) is 16.7. The molecule has 1 aliphatic heterocycles. The van der Waals surface area contributed by atoms with Crippen molar-refractivity contribution in [3.05, 3.63) is 70.0 Å². The third-order valence-electron chi connectivity index (χ3n) is 4.70. The van der Waals surface area contributed by atoms with Crippen LogP contribution in [-0.4, -0.2) is 29.7 Å². The molecule has 2 heterocycles. The third-order valence-corrected chi connectivity index (χ3v) is 4.70. The highest BCUT2D eigenvalue weighted by atomic mass is 19.1. The Morgan fingerprint density at radius 1 is 1.22 bits per heavy atom. The van der Waals surface area contributed by atoms with E-state index in [0.717, 1.165) is 25.0 Å². The van der Waals surface area contributed by atoms with Gasteiger partial charge in [-0.2, -0.15) is 0 Å². The van der Waals surface area contributed by atoms with Crippen LogP contribution in [0.25, 0.3) is 11.1 Å². The number of nitrogens with zero attached hydrogens (tertiary/aromatic N) is 1. The molecule has 1 aliphatic rings. The third kappa shape index (κ3) is 3.78. The van der Waals surface area contributed by atoms with Gasteiger partial charge in [0, 0.05) is 18.7 Å². The minimum atomic E-state index is -0.522. The van der Waals surface area contributed by atoms with Crippen molar-refractivity contribution in [2.24, 2.45) is 0 Å². The van der Waals surface area contributed by atoms with Crippen molar-refractivity contribution in [3.8, 4) is 0 Å². The number of oxazole rings is 1. The van der Waals surface area contributed by atoms with E-state index in [2.05, 4.69) is 5.32 Å². The first-order valence-electron chi connectivity index (χ1n) is 8.88. The summed E-state index contributed by atoms with van der Waals surface area (Å²) in [6, 6.07) is 10.8. The van der Waals surface area contributed by atoms with Crippen molar-refractivity contribution in [1.29, 1.82) is 0 Å². The Bertz CT molecular complexity index is 1020. The highest BCUT2D eigenvalue weighted by Gasteiger charge is 2.18. The van der Waals surface area contributed by atoms with E-state index in [1.165, 1.54) is 16.7 Å². The SMILES string of the molecule is O=C(NCC1CCCO1)c1ccc2oc(=O)n(Cc3ccc(F)cc3)c2c1. The molecule has 7 heteroatoms. The van der Waals surface area contributed by atoms with Gasteiger partial charge in [-0.25, -0.2) is 9.18 Å². The minimum absolute atomic E-state index is 0.0586. The number of rotatable bonds is 5. The molecular weight excluding hydrogens is 351 g/mol. The monoisotopic (exact) mass is 370 g/mol. The smallest absolute Gasteiger partial charge is 0.408 e. The van der Waals surface area contributed by atoms with E-state index in [4.69, 9.17) is 9.15 Å². The number of ether oxygens (including phenoxy) is 1. The molecule has 0 spiro atoms. The van der Waals surface area contributed by atoms with E-state index in [-0.39, 0.29) is 24.4 Å². The summed E-state index contributed by atoms with van der Waals surface area (Å²) in [7, 11) is 0. The van der Waals surface area contributed by atoms with Gasteiger partial charge in [0.25, 0.3) is 5.91 Å². The maximum atomic E-state index is 13.1. The molecule has 27 heavy (non-hydrogen) atoms. The fourth-order valence-electron chi connectivity index (χ4n) is 3.24. The zero-order valence-electron chi connectivity index (χ0n) is 14.6. The predicted molar refractivity (Wildman–Crippen MR) is 97.3 cm³/mol. The van der Waals surface area contributed by atoms with Gasteiger partial charge in [0.15, 0.2) is 5.58 Å². The lowest BCUT2D eigenvalue weighted by Gasteiger charge is -2.11. The lowest BCUT2D eigenvalue weighted by Crippen LogP contribution is -2.31. The summed E-state index contributed by atoms with van der Waals surface area (Å²) >= 11 is 0. The maximum Gasteiger partial charge on any atom is 0.420 e. The van der Waals surface area contributed by atoms with E-state index in [1.807, 2.05) is 0 Å². The molecule has 3 aromatic rings. The maximum absolute atomic E-state index is 13.1. The average molecular weight is 370 g/mol. The van der Waals surface area contributed by atoms with Gasteiger partial charge in [-0.05, 0) is 48.7 Å². The number of amides is 1. The summed E-state index contributed by atoms with van der Waals surface area (Å²) < 4.78 is 25.3. The Balaban J connectivity index is 1.57. The molecule has 6 nitrogen and oxygen atoms in total. The summed E-state index contributed by atoms with van der Waals surface area (Å²) in [5, 5.41) is 2.86. The van der Waals surface area contributed by atoms with Gasteiger partial charge in [0.2, 0.25) is 0 Å². The number of halogens is 1. The van der Waals surface area contributed by atoms with E-state index in [0.29, 0.717) is 23.2 Å². The minimum Gasteiger partial charge on any atom is -0.408 e. The van der Waals surface area contributed by atoms with Crippen LogP contribution in [0.2, 0.25) is 0 Å². The highest BCUT2D eigenvalue weighted by Crippen LogP contribution is 2.17. The number of carbonyl (C=O) groups is 1. The second-order valence-electron chi connectivity index (χ2n) is 6.61. The van der Waals surface area contributed by atoms with Gasteiger partial charge in [-0.15, -0.1) is 0 Å². The van der Waals surface area contributed by atoms with Crippen molar-refractivity contribution in [1.82, 2.24) is 9.88 Å². The van der Waals surface area contributed by atoms with Crippen LogP contribution >= 0.6 is 0 Å². The second-order valence-corrected chi connectivity index (χ2v) is 6.61. The molecule has 1 atom stereocenters. The number of fused-ring (bicyclic) bond motifs is 1. The van der Waals surface area contributed by atoms with Crippen LogP contribution in [0.4, 0.5) is 4.39 Å². The second kappa shape index (κ2) is 7.36. The van der Waals surface area contributed by atoms with E-state index >= 15 is 0 Å². The highest BCUT2D eigenvalue weighted by molar-refractivity contribution is 5.97. The number of aromatic nitrogens is 1. The Morgan fingerprint density at radius 3 is 2.78 bits per heavy atom. The molecular formula is C20H19FN2O4. The number of nitrogens with one attached hydrogen (secondary N) is 1. The summed E-state index contributed by atoms with van der Waals surface area (Å²) in [6.07, 6.45) is 2.01. The van der Waals surface area contributed by atoms with Gasteiger partial charge in [-0.1, -0.05) is 12.1 Å². The van der Waals surface area contributed by atoms with Crippen LogP contribution in [0.15, 0.2) is 51.7 Å². The zero-order chi connectivity index (χ0) is 18.8. The van der Waals surface area contributed by atoms with Crippen LogP contribution < -0.4 is 11.1 Å². The summed E-state index contributed by atoms with van der Waals surface area (Å²) in [6.45, 7) is 1.43. The Labute approximate surface area is 154 Å². The average Bonchev–Trinajstić information content (AvgIpc) is 3.29. The summed E-state index contributed by atoms with van der Waals surface area (Å²) in [4.78, 5) is 24.6. The molecule has 1 saturated heterocycles. The predicted octanol–water partition coefficient (Wildman–Crippen LogP) is 2.69. The van der Waals surface area contributed by atoms with Crippen LogP contribution in [0.1, 0.15) is 28.8 Å². The van der Waals surface area contributed by atoms with Gasteiger partial charge in [0.05, 0.1) is 18.2 Å². The number of carbonyl (C=O) groups excluding carboxylic acids is 1. The molecule has 1 fully saturated rings. The van der Waals surface area contributed by atoms with Crippen LogP contribution in [-0.2, 0) is 11.3 Å². The molecule has 1 N–H and O–H groups in total. The Hall–Kier alpha value is -2.93. The molecule has 2 aromatic carbocycles. The molecule has 1 amide bonds. The van der Waals surface area contributed by atoms with Crippen molar-refractivity contribution in [3.63, 3.8) is 0 Å². The summed E-state index contributed by atoms with van der Waals surface area (Å²) in [5.74, 6) is -1.09. The Morgan fingerprint density at radius 2 is 2.04 bits per heavy atom. The van der Waals surface area contributed by atoms with E-state index in [9.17, 15) is 14.0 Å². The standard InChI is InChI=1S/C20H19FN2O4/c21-15-6-3-13(4-7-15)12-23-17-10-14(5-8-18(17)27-20(23)25)19(24)22-11-16-2-1-9-26-16/h3-8,10,16H,1-2,9,11-12H2,(H,22,24). The molecule has 0 aliphatic carbocycles. The molecule has 4 rings (SSSR count). The van der Waals surface area contributed by atoms with Crippen molar-refractivity contribution < 1.29 is 18.3 Å². The fourth-order valence-corrected chi connectivity index (χ4v) is 3.24. The van der Waals surface area contributed by atoms with Gasteiger partial charge in [-0.3, -0.25) is 9.36 Å². The Kier molecular flexibility index (Phi) is 4.77. The van der Waals surface area contributed by atoms with Gasteiger partial charge < -0.3 is 14.5 Å². The van der Waals surface area contributed by atoms with Crippen molar-refractivity contribution in [2.45, 2.75) is 25.5 Å². The van der Waals surface area contributed by atoms with Crippen LogP contribution in [0.5, 0.6) is 0 Å². The molecule has 140 valence electrons. The number of hydrogen-bond acceptors (Lipinski definition) is 4. The number of benzene rings is 2. The largest absolute Gasteiger partial charge is 0.420 e. The first-order valence-corrected chi connectivity index (χ1v) is 8.88. The molecule has 0 radical (unpaired) electrons. The summed E-state index contributed by atoms with van der Waals surface area (Å²) in [5.41, 5.74) is 2.12. The lowest BCUT2D eigenvalue weighted by molar-refractivity contribution is 0.0858.